The molecule has 9 nitrogen and oxygen atoms in total. The summed E-state index contributed by atoms with van der Waals surface area (Å²) in [6.45, 7) is 4.89. The predicted molar refractivity (Wildman–Crippen MR) is 125 cm³/mol. The predicted octanol–water partition coefficient (Wildman–Crippen LogP) is 5.59. The first-order chi connectivity index (χ1) is 16.6. The molecule has 4 saturated carbocycles. The van der Waals surface area contributed by atoms with Crippen LogP contribution in [0.1, 0.15) is 82.0 Å². The summed E-state index contributed by atoms with van der Waals surface area (Å²) in [6, 6.07) is 2.94. The molecule has 4 aliphatic carbocycles. The molecule has 1 aromatic rings. The molecule has 6 rings (SSSR count). The van der Waals surface area contributed by atoms with Gasteiger partial charge in [-0.1, -0.05) is 20.3 Å². The quantitative estimate of drug-likeness (QED) is 0.236. The number of benzene rings is 1. The number of nitro groups is 2. The van der Waals surface area contributed by atoms with E-state index in [0.29, 0.717) is 30.1 Å². The molecule has 1 heterocycles. The smallest absolute Gasteiger partial charge is 0.338 e. The summed E-state index contributed by atoms with van der Waals surface area (Å²) in [7, 11) is 0. The molecule has 0 aromatic heterocycles. The maximum absolute atomic E-state index is 12.9. The van der Waals surface area contributed by atoms with Crippen molar-refractivity contribution in [3.05, 3.63) is 44.0 Å². The van der Waals surface area contributed by atoms with Gasteiger partial charge in [0.2, 0.25) is 0 Å². The number of esters is 1. The van der Waals surface area contributed by atoms with Crippen LogP contribution in [0.4, 0.5) is 11.4 Å². The third-order valence-corrected chi connectivity index (χ3v) is 10.7. The fraction of sp³-hybridized carbons (Fsp3) is 0.731. The highest BCUT2D eigenvalue weighted by molar-refractivity contribution is 5.91. The lowest BCUT2D eigenvalue weighted by molar-refractivity contribution is -0.394. The topological polar surface area (TPSA) is 125 Å². The maximum atomic E-state index is 12.9. The molecular formula is C26H32N2O7. The molecule has 0 radical (unpaired) electrons. The Morgan fingerprint density at radius 3 is 2.40 bits per heavy atom. The van der Waals surface area contributed by atoms with Crippen LogP contribution in [0.2, 0.25) is 0 Å². The number of hydrogen-bond donors (Lipinski definition) is 0. The van der Waals surface area contributed by atoms with Crippen molar-refractivity contribution in [2.45, 2.75) is 89.4 Å². The van der Waals surface area contributed by atoms with Crippen LogP contribution in [0.5, 0.6) is 0 Å². The summed E-state index contributed by atoms with van der Waals surface area (Å²) in [6.07, 6.45) is 9.75. The monoisotopic (exact) mass is 484 g/mol. The van der Waals surface area contributed by atoms with Crippen molar-refractivity contribution in [1.82, 2.24) is 0 Å². The SMILES string of the molecule is C[C@]12CCC[C@@H]1[C@@H]1C[C@@H]3O[C@@]34C[C@H](OC(=O)c3cc([N+](=O)[O-])cc([N+](=O)[O-])c3)CC[C@@]4(C)[C@@H]1CC2. The second-order valence-corrected chi connectivity index (χ2v) is 12.1. The van der Waals surface area contributed by atoms with E-state index in [-0.39, 0.29) is 28.8 Å². The molecule has 9 heteroatoms. The highest BCUT2D eigenvalue weighted by Gasteiger charge is 2.76. The molecular weight excluding hydrogens is 452 g/mol. The Labute approximate surface area is 203 Å². The van der Waals surface area contributed by atoms with Crippen molar-refractivity contribution in [1.29, 1.82) is 0 Å². The number of epoxide rings is 1. The third kappa shape index (κ3) is 3.26. The van der Waals surface area contributed by atoms with Crippen LogP contribution in [-0.4, -0.2) is 33.6 Å². The van der Waals surface area contributed by atoms with Gasteiger partial charge in [0.15, 0.2) is 0 Å². The van der Waals surface area contributed by atoms with Crippen molar-refractivity contribution in [2.24, 2.45) is 28.6 Å². The number of carbonyl (C=O) groups excluding carboxylic acids is 1. The van der Waals surface area contributed by atoms with E-state index in [2.05, 4.69) is 13.8 Å². The summed E-state index contributed by atoms with van der Waals surface area (Å²) in [5.74, 6) is 1.38. The zero-order chi connectivity index (χ0) is 24.8. The van der Waals surface area contributed by atoms with Gasteiger partial charge in [-0.25, -0.2) is 4.79 Å². The zero-order valence-electron chi connectivity index (χ0n) is 20.2. The second kappa shape index (κ2) is 7.48. The van der Waals surface area contributed by atoms with Gasteiger partial charge in [0.1, 0.15) is 11.7 Å². The molecule has 1 saturated heterocycles. The lowest BCUT2D eigenvalue weighted by Crippen LogP contribution is -2.58. The fourth-order valence-corrected chi connectivity index (χ4v) is 8.88. The Hall–Kier alpha value is -2.55. The van der Waals surface area contributed by atoms with Crippen LogP contribution in [0.15, 0.2) is 18.2 Å². The Bertz CT molecular complexity index is 1090. The number of hydrogen-bond acceptors (Lipinski definition) is 7. The lowest BCUT2D eigenvalue weighted by Gasteiger charge is -2.58. The van der Waals surface area contributed by atoms with Crippen molar-refractivity contribution in [2.75, 3.05) is 0 Å². The molecule has 1 spiro atoms. The number of fused-ring (bicyclic) bond motifs is 4. The van der Waals surface area contributed by atoms with Crippen LogP contribution in [0.25, 0.3) is 0 Å². The van der Waals surface area contributed by atoms with Crippen LogP contribution in [0.3, 0.4) is 0 Å². The van der Waals surface area contributed by atoms with Gasteiger partial charge in [-0.05, 0) is 68.1 Å². The van der Waals surface area contributed by atoms with E-state index in [0.717, 1.165) is 37.0 Å². The Kier molecular flexibility index (Phi) is 4.89. The third-order valence-electron chi connectivity index (χ3n) is 10.7. The highest BCUT2D eigenvalue weighted by atomic mass is 16.6. The van der Waals surface area contributed by atoms with Gasteiger partial charge in [-0.3, -0.25) is 20.2 Å². The highest BCUT2D eigenvalue weighted by Crippen LogP contribution is 2.73. The standard InChI is InChI=1S/C26H32N2O7/c1-24-7-3-4-20(24)19-13-22-26(35-22)14-18(5-9-25(26,2)21(19)6-8-24)34-23(29)15-10-16(27(30)31)12-17(11-15)28(32)33/h10-12,18-22H,3-9,13-14H2,1-2H3/t18-,19+,20-,21-,22+,24-,25+,26+/m1/s1. The molecule has 1 aliphatic heterocycles. The first-order valence-corrected chi connectivity index (χ1v) is 12.9. The van der Waals surface area contributed by atoms with Gasteiger partial charge in [-0.15, -0.1) is 0 Å². The molecule has 1 aromatic carbocycles. The summed E-state index contributed by atoms with van der Waals surface area (Å²) >= 11 is 0. The molecule has 0 bridgehead atoms. The Morgan fingerprint density at radius 1 is 1.00 bits per heavy atom. The number of non-ortho nitro benzene ring substituents is 2. The fourth-order valence-electron chi connectivity index (χ4n) is 8.88. The van der Waals surface area contributed by atoms with Gasteiger partial charge >= 0.3 is 5.97 Å². The van der Waals surface area contributed by atoms with Crippen LogP contribution >= 0.6 is 0 Å². The van der Waals surface area contributed by atoms with Crippen molar-refractivity contribution >= 4 is 17.3 Å². The molecule has 8 atom stereocenters. The normalized spacial score (nSPS) is 43.2. The molecule has 5 aliphatic rings. The minimum absolute atomic E-state index is 0.0672. The number of ether oxygens (including phenoxy) is 2. The summed E-state index contributed by atoms with van der Waals surface area (Å²) in [5.41, 5.74) is -0.875. The van der Waals surface area contributed by atoms with E-state index in [1.54, 1.807) is 0 Å². The summed E-state index contributed by atoms with van der Waals surface area (Å²) < 4.78 is 12.3. The van der Waals surface area contributed by atoms with Crippen molar-refractivity contribution < 1.29 is 24.1 Å². The minimum Gasteiger partial charge on any atom is -0.459 e. The van der Waals surface area contributed by atoms with E-state index >= 15 is 0 Å². The van der Waals surface area contributed by atoms with E-state index in [1.807, 2.05) is 0 Å². The van der Waals surface area contributed by atoms with Crippen LogP contribution < -0.4 is 0 Å². The van der Waals surface area contributed by atoms with Crippen LogP contribution in [0, 0.1) is 48.8 Å². The Morgan fingerprint density at radius 2 is 1.71 bits per heavy atom. The first-order valence-electron chi connectivity index (χ1n) is 12.9. The first kappa shape index (κ1) is 22.9. The molecule has 5 fully saturated rings. The van der Waals surface area contributed by atoms with E-state index < -0.39 is 27.2 Å². The van der Waals surface area contributed by atoms with Gasteiger partial charge in [0.05, 0.1) is 27.6 Å². The van der Waals surface area contributed by atoms with Crippen LogP contribution in [-0.2, 0) is 9.47 Å². The number of nitrogens with zero attached hydrogens (tertiary/aromatic N) is 2. The Balaban J connectivity index is 1.20. The molecule has 0 N–H and O–H groups in total. The van der Waals surface area contributed by atoms with Gasteiger partial charge in [0, 0.05) is 24.0 Å². The van der Waals surface area contributed by atoms with Gasteiger partial charge < -0.3 is 9.47 Å². The van der Waals surface area contributed by atoms with E-state index in [9.17, 15) is 25.0 Å². The van der Waals surface area contributed by atoms with E-state index in [4.69, 9.17) is 9.47 Å². The number of nitro benzene ring substituents is 2. The lowest BCUT2D eigenvalue weighted by atomic mass is 9.45. The molecule has 188 valence electrons. The zero-order valence-corrected chi connectivity index (χ0v) is 20.2. The summed E-state index contributed by atoms with van der Waals surface area (Å²) in [5, 5.41) is 22.4. The molecule has 0 unspecified atom stereocenters. The molecule has 35 heavy (non-hydrogen) atoms. The average molecular weight is 485 g/mol. The second-order valence-electron chi connectivity index (χ2n) is 12.1. The van der Waals surface area contributed by atoms with Gasteiger partial charge in [0.25, 0.3) is 11.4 Å². The van der Waals surface area contributed by atoms with Crippen molar-refractivity contribution in [3.63, 3.8) is 0 Å². The van der Waals surface area contributed by atoms with Gasteiger partial charge in [-0.2, -0.15) is 0 Å². The largest absolute Gasteiger partial charge is 0.459 e. The summed E-state index contributed by atoms with van der Waals surface area (Å²) in [4.78, 5) is 33.8. The number of rotatable bonds is 4. The minimum atomic E-state index is -0.757. The number of carbonyl (C=O) groups is 1. The molecule has 0 amide bonds. The average Bonchev–Trinajstić information content (AvgIpc) is 3.36. The maximum Gasteiger partial charge on any atom is 0.338 e. The van der Waals surface area contributed by atoms with Crippen molar-refractivity contribution in [3.8, 4) is 0 Å². The van der Waals surface area contributed by atoms with E-state index in [1.165, 1.54) is 32.1 Å².